The molecule has 0 aliphatic carbocycles. The summed E-state index contributed by atoms with van der Waals surface area (Å²) in [7, 11) is 1.57. The Kier molecular flexibility index (Phi) is 4.02. The molecule has 6 heteroatoms. The fourth-order valence-corrected chi connectivity index (χ4v) is 3.20. The molecule has 1 atom stereocenters. The lowest BCUT2D eigenvalue weighted by atomic mass is 10.0. The van der Waals surface area contributed by atoms with Crippen LogP contribution in [0.4, 0.5) is 0 Å². The van der Waals surface area contributed by atoms with Gasteiger partial charge in [-0.25, -0.2) is 0 Å². The molecule has 2 saturated heterocycles. The summed E-state index contributed by atoms with van der Waals surface area (Å²) in [6, 6.07) is 5.34. The van der Waals surface area contributed by atoms with Gasteiger partial charge in [-0.2, -0.15) is 0 Å². The van der Waals surface area contributed by atoms with E-state index in [1.165, 1.54) is 0 Å². The summed E-state index contributed by atoms with van der Waals surface area (Å²) in [4.78, 5) is 28.8. The van der Waals surface area contributed by atoms with Gasteiger partial charge in [0.2, 0.25) is 5.91 Å². The fourth-order valence-electron chi connectivity index (χ4n) is 3.20. The van der Waals surface area contributed by atoms with Crippen molar-refractivity contribution in [3.05, 3.63) is 29.3 Å². The van der Waals surface area contributed by atoms with Crippen molar-refractivity contribution in [3.63, 3.8) is 0 Å². The first-order valence-corrected chi connectivity index (χ1v) is 7.56. The SMILES string of the molecule is COc1cccc(C)c1C(=O)N1CCN2CCNC(=O)C2C1. The minimum Gasteiger partial charge on any atom is -0.496 e. The molecule has 3 rings (SSSR count). The van der Waals surface area contributed by atoms with Crippen molar-refractivity contribution >= 4 is 11.8 Å². The summed E-state index contributed by atoms with van der Waals surface area (Å²) < 4.78 is 5.33. The highest BCUT2D eigenvalue weighted by atomic mass is 16.5. The second-order valence-corrected chi connectivity index (χ2v) is 5.75. The molecule has 0 aromatic heterocycles. The minimum atomic E-state index is -0.235. The van der Waals surface area contributed by atoms with Gasteiger partial charge in [0.15, 0.2) is 0 Å². The van der Waals surface area contributed by atoms with Crippen molar-refractivity contribution in [1.82, 2.24) is 15.1 Å². The van der Waals surface area contributed by atoms with E-state index in [1.807, 2.05) is 19.1 Å². The van der Waals surface area contributed by atoms with Crippen molar-refractivity contribution in [2.45, 2.75) is 13.0 Å². The van der Waals surface area contributed by atoms with Crippen molar-refractivity contribution in [1.29, 1.82) is 0 Å². The Morgan fingerprint density at radius 2 is 2.14 bits per heavy atom. The van der Waals surface area contributed by atoms with Gasteiger partial charge in [0.05, 0.1) is 12.7 Å². The third-order valence-corrected chi connectivity index (χ3v) is 4.45. The molecule has 6 nitrogen and oxygen atoms in total. The molecular formula is C16H21N3O3. The monoisotopic (exact) mass is 303 g/mol. The third-order valence-electron chi connectivity index (χ3n) is 4.45. The first-order chi connectivity index (χ1) is 10.6. The zero-order valence-corrected chi connectivity index (χ0v) is 13.0. The number of hydrogen-bond donors (Lipinski definition) is 1. The number of methoxy groups -OCH3 is 1. The lowest BCUT2D eigenvalue weighted by Crippen LogP contribution is -2.64. The molecule has 118 valence electrons. The zero-order chi connectivity index (χ0) is 15.7. The highest BCUT2D eigenvalue weighted by Crippen LogP contribution is 2.25. The van der Waals surface area contributed by atoms with Gasteiger partial charge in [-0.1, -0.05) is 12.1 Å². The van der Waals surface area contributed by atoms with Crippen LogP contribution >= 0.6 is 0 Å². The number of amides is 2. The van der Waals surface area contributed by atoms with Gasteiger partial charge in [0, 0.05) is 32.7 Å². The minimum absolute atomic E-state index is 0.0144. The molecule has 1 aromatic carbocycles. The molecule has 2 aliphatic rings. The number of rotatable bonds is 2. The van der Waals surface area contributed by atoms with Gasteiger partial charge in [-0.3, -0.25) is 14.5 Å². The Balaban J connectivity index is 1.83. The number of carbonyl (C=O) groups is 2. The average molecular weight is 303 g/mol. The van der Waals surface area contributed by atoms with Crippen LogP contribution in [-0.4, -0.2) is 67.5 Å². The first-order valence-electron chi connectivity index (χ1n) is 7.56. The molecule has 2 fully saturated rings. The Bertz CT molecular complexity index is 602. The average Bonchev–Trinajstić information content (AvgIpc) is 2.54. The van der Waals surface area contributed by atoms with E-state index in [1.54, 1.807) is 18.1 Å². The van der Waals surface area contributed by atoms with Gasteiger partial charge < -0.3 is 15.0 Å². The van der Waals surface area contributed by atoms with Crippen molar-refractivity contribution in [2.75, 3.05) is 39.8 Å². The number of benzene rings is 1. The Morgan fingerprint density at radius 1 is 1.32 bits per heavy atom. The quantitative estimate of drug-likeness (QED) is 0.851. The van der Waals surface area contributed by atoms with E-state index in [0.717, 1.165) is 18.7 Å². The largest absolute Gasteiger partial charge is 0.496 e. The second-order valence-electron chi connectivity index (χ2n) is 5.75. The van der Waals surface area contributed by atoms with Crippen LogP contribution in [0.1, 0.15) is 15.9 Å². The Morgan fingerprint density at radius 3 is 2.91 bits per heavy atom. The number of carbonyl (C=O) groups excluding carboxylic acids is 2. The van der Waals surface area contributed by atoms with Crippen LogP contribution in [0.25, 0.3) is 0 Å². The van der Waals surface area contributed by atoms with E-state index in [4.69, 9.17) is 4.74 Å². The molecule has 0 saturated carbocycles. The summed E-state index contributed by atoms with van der Waals surface area (Å²) in [5.74, 6) is 0.536. The van der Waals surface area contributed by atoms with E-state index in [9.17, 15) is 9.59 Å². The lowest BCUT2D eigenvalue weighted by molar-refractivity contribution is -0.131. The van der Waals surface area contributed by atoms with Crippen molar-refractivity contribution in [2.24, 2.45) is 0 Å². The summed E-state index contributed by atoms with van der Waals surface area (Å²) in [5, 5.41) is 2.87. The third kappa shape index (κ3) is 2.54. The lowest BCUT2D eigenvalue weighted by Gasteiger charge is -2.43. The summed E-state index contributed by atoms with van der Waals surface area (Å²) >= 11 is 0. The predicted molar refractivity (Wildman–Crippen MR) is 82.0 cm³/mol. The normalized spacial score (nSPS) is 22.0. The van der Waals surface area contributed by atoms with Gasteiger partial charge >= 0.3 is 0 Å². The molecule has 1 unspecified atom stereocenters. The second kappa shape index (κ2) is 5.96. The Hall–Kier alpha value is -2.08. The number of piperazine rings is 2. The predicted octanol–water partition coefficient (Wildman–Crippen LogP) is 0.260. The number of ether oxygens (including phenoxy) is 1. The molecular weight excluding hydrogens is 282 g/mol. The topological polar surface area (TPSA) is 61.9 Å². The Labute approximate surface area is 130 Å². The van der Waals surface area contributed by atoms with Crippen LogP contribution in [-0.2, 0) is 4.79 Å². The highest BCUT2D eigenvalue weighted by molar-refractivity contribution is 5.99. The summed E-state index contributed by atoms with van der Waals surface area (Å²) in [5.41, 5.74) is 1.48. The van der Waals surface area contributed by atoms with Gasteiger partial charge in [0.1, 0.15) is 11.8 Å². The molecule has 0 spiro atoms. The van der Waals surface area contributed by atoms with Gasteiger partial charge in [-0.15, -0.1) is 0 Å². The number of nitrogens with one attached hydrogen (secondary N) is 1. The zero-order valence-electron chi connectivity index (χ0n) is 13.0. The van der Waals surface area contributed by atoms with E-state index in [-0.39, 0.29) is 17.9 Å². The van der Waals surface area contributed by atoms with Crippen LogP contribution < -0.4 is 10.1 Å². The first kappa shape index (κ1) is 14.8. The van der Waals surface area contributed by atoms with Gasteiger partial charge in [-0.05, 0) is 18.6 Å². The maximum absolute atomic E-state index is 12.9. The smallest absolute Gasteiger partial charge is 0.258 e. The van der Waals surface area contributed by atoms with E-state index in [2.05, 4.69) is 10.2 Å². The molecule has 2 aliphatic heterocycles. The standard InChI is InChI=1S/C16H21N3O3/c1-11-4-3-5-13(22-2)14(11)16(21)19-9-8-18-7-6-17-15(20)12(18)10-19/h3-5,12H,6-10H2,1-2H3,(H,17,20). The number of fused-ring (bicyclic) bond motifs is 1. The van der Waals surface area contributed by atoms with Crippen LogP contribution in [0.2, 0.25) is 0 Å². The molecule has 0 bridgehead atoms. The molecule has 2 heterocycles. The molecule has 22 heavy (non-hydrogen) atoms. The fraction of sp³-hybridized carbons (Fsp3) is 0.500. The van der Waals surface area contributed by atoms with Gasteiger partial charge in [0.25, 0.3) is 5.91 Å². The van der Waals surface area contributed by atoms with E-state index < -0.39 is 0 Å². The van der Waals surface area contributed by atoms with Crippen molar-refractivity contribution < 1.29 is 14.3 Å². The molecule has 1 N–H and O–H groups in total. The number of nitrogens with zero attached hydrogens (tertiary/aromatic N) is 2. The number of hydrogen-bond acceptors (Lipinski definition) is 4. The maximum atomic E-state index is 12.9. The highest BCUT2D eigenvalue weighted by Gasteiger charge is 2.37. The van der Waals surface area contributed by atoms with Crippen LogP contribution in [0.3, 0.4) is 0 Å². The maximum Gasteiger partial charge on any atom is 0.258 e. The van der Waals surface area contributed by atoms with E-state index >= 15 is 0 Å². The van der Waals surface area contributed by atoms with Crippen LogP contribution in [0.5, 0.6) is 5.75 Å². The summed E-state index contributed by atoms with van der Waals surface area (Å²) in [6.45, 7) is 5.25. The molecule has 0 radical (unpaired) electrons. The number of aryl methyl sites for hydroxylation is 1. The van der Waals surface area contributed by atoms with Crippen molar-refractivity contribution in [3.8, 4) is 5.75 Å². The van der Waals surface area contributed by atoms with Crippen LogP contribution in [0, 0.1) is 6.92 Å². The molecule has 1 aromatic rings. The molecule has 2 amide bonds. The summed E-state index contributed by atoms with van der Waals surface area (Å²) in [6.07, 6.45) is 0. The van der Waals surface area contributed by atoms with Crippen LogP contribution in [0.15, 0.2) is 18.2 Å². The van der Waals surface area contributed by atoms with E-state index in [0.29, 0.717) is 30.9 Å².